The highest BCUT2D eigenvalue weighted by Gasteiger charge is 2.41. The van der Waals surface area contributed by atoms with Crippen molar-refractivity contribution in [3.63, 3.8) is 0 Å². The van der Waals surface area contributed by atoms with E-state index in [1.54, 1.807) is 0 Å². The van der Waals surface area contributed by atoms with Gasteiger partial charge in [0.2, 0.25) is 0 Å². The Balaban J connectivity index is 2.04. The van der Waals surface area contributed by atoms with Crippen LogP contribution in [0.1, 0.15) is 24.0 Å². The molecule has 0 radical (unpaired) electrons. The number of hydrogen-bond acceptors (Lipinski definition) is 3. The highest BCUT2D eigenvalue weighted by Crippen LogP contribution is 2.46. The highest BCUT2D eigenvalue weighted by atomic mass is 16.5. The second kappa shape index (κ2) is 6.06. The fourth-order valence-corrected chi connectivity index (χ4v) is 2.91. The first-order chi connectivity index (χ1) is 10.7. The molecule has 22 heavy (non-hydrogen) atoms. The van der Waals surface area contributed by atoms with Crippen LogP contribution in [0, 0.1) is 0 Å². The molecule has 0 aliphatic carbocycles. The third-order valence-electron chi connectivity index (χ3n) is 3.99. The maximum atomic E-state index is 11.5. The standard InChI is InChI=1S/C19H18O3/c1-21-18(20)14-17-12-13-19(22-17,15-8-4-2-5-9-15)16-10-6-3-7-11-16/h2-11,14H,12-13H2,1H3/b17-14-. The summed E-state index contributed by atoms with van der Waals surface area (Å²) in [7, 11) is 1.37. The largest absolute Gasteiger partial charge is 0.482 e. The number of methoxy groups -OCH3 is 1. The smallest absolute Gasteiger partial charge is 0.333 e. The Morgan fingerprint density at radius 2 is 1.59 bits per heavy atom. The first-order valence-corrected chi connectivity index (χ1v) is 7.33. The van der Waals surface area contributed by atoms with Crippen molar-refractivity contribution < 1.29 is 14.3 Å². The van der Waals surface area contributed by atoms with Crippen LogP contribution in [0.5, 0.6) is 0 Å². The molecule has 112 valence electrons. The summed E-state index contributed by atoms with van der Waals surface area (Å²) < 4.78 is 11.0. The van der Waals surface area contributed by atoms with Gasteiger partial charge in [-0.15, -0.1) is 0 Å². The van der Waals surface area contributed by atoms with Crippen LogP contribution in [-0.2, 0) is 19.9 Å². The van der Waals surface area contributed by atoms with Gasteiger partial charge in [-0.2, -0.15) is 0 Å². The van der Waals surface area contributed by atoms with E-state index in [-0.39, 0.29) is 5.97 Å². The number of esters is 1. The highest BCUT2D eigenvalue weighted by molar-refractivity contribution is 5.82. The fourth-order valence-electron chi connectivity index (χ4n) is 2.91. The van der Waals surface area contributed by atoms with Gasteiger partial charge in [-0.25, -0.2) is 4.79 Å². The molecule has 0 unspecified atom stereocenters. The van der Waals surface area contributed by atoms with E-state index in [1.807, 2.05) is 36.4 Å². The minimum atomic E-state index is -0.539. The number of carbonyl (C=O) groups excluding carboxylic acids is 1. The second-order valence-electron chi connectivity index (χ2n) is 5.29. The summed E-state index contributed by atoms with van der Waals surface area (Å²) in [5.41, 5.74) is 1.64. The van der Waals surface area contributed by atoms with E-state index in [0.29, 0.717) is 12.2 Å². The lowest BCUT2D eigenvalue weighted by Crippen LogP contribution is -2.26. The maximum absolute atomic E-state index is 11.5. The van der Waals surface area contributed by atoms with Gasteiger partial charge in [-0.1, -0.05) is 60.7 Å². The van der Waals surface area contributed by atoms with E-state index in [1.165, 1.54) is 13.2 Å². The lowest BCUT2D eigenvalue weighted by Gasteiger charge is -2.30. The number of rotatable bonds is 3. The monoisotopic (exact) mass is 294 g/mol. The molecule has 3 heteroatoms. The molecule has 1 aliphatic heterocycles. The Morgan fingerprint density at radius 1 is 1.05 bits per heavy atom. The Bertz CT molecular complexity index is 635. The maximum Gasteiger partial charge on any atom is 0.333 e. The van der Waals surface area contributed by atoms with E-state index in [0.717, 1.165) is 17.5 Å². The minimum absolute atomic E-state index is 0.382. The average molecular weight is 294 g/mol. The van der Waals surface area contributed by atoms with Crippen LogP contribution in [0.2, 0.25) is 0 Å². The van der Waals surface area contributed by atoms with Crippen molar-refractivity contribution >= 4 is 5.97 Å². The van der Waals surface area contributed by atoms with Crippen LogP contribution in [0.4, 0.5) is 0 Å². The van der Waals surface area contributed by atoms with Crippen molar-refractivity contribution in [3.8, 4) is 0 Å². The van der Waals surface area contributed by atoms with Gasteiger partial charge in [0.1, 0.15) is 5.76 Å². The molecule has 2 aromatic rings. The first-order valence-electron chi connectivity index (χ1n) is 7.33. The molecule has 0 amide bonds. The van der Waals surface area contributed by atoms with Gasteiger partial charge in [0.25, 0.3) is 0 Å². The van der Waals surface area contributed by atoms with Gasteiger partial charge in [0.15, 0.2) is 5.60 Å². The van der Waals surface area contributed by atoms with Gasteiger partial charge in [-0.05, 0) is 11.1 Å². The summed E-state index contributed by atoms with van der Waals surface area (Å²) in [6.45, 7) is 0. The molecule has 2 aromatic carbocycles. The minimum Gasteiger partial charge on any atom is -0.482 e. The molecule has 0 bridgehead atoms. The van der Waals surface area contributed by atoms with Crippen LogP contribution in [0.3, 0.4) is 0 Å². The van der Waals surface area contributed by atoms with Crippen molar-refractivity contribution in [2.45, 2.75) is 18.4 Å². The predicted molar refractivity (Wildman–Crippen MR) is 84.1 cm³/mol. The average Bonchev–Trinajstić information content (AvgIpc) is 3.01. The molecule has 1 heterocycles. The van der Waals surface area contributed by atoms with Crippen molar-refractivity contribution in [2.75, 3.05) is 7.11 Å². The van der Waals surface area contributed by atoms with Gasteiger partial charge in [0, 0.05) is 12.8 Å². The van der Waals surface area contributed by atoms with Crippen LogP contribution in [-0.4, -0.2) is 13.1 Å². The van der Waals surface area contributed by atoms with Gasteiger partial charge in [-0.3, -0.25) is 0 Å². The molecule has 3 rings (SSSR count). The lowest BCUT2D eigenvalue weighted by molar-refractivity contribution is -0.135. The van der Waals surface area contributed by atoms with E-state index in [4.69, 9.17) is 9.47 Å². The molecule has 1 fully saturated rings. The summed E-state index contributed by atoms with van der Waals surface area (Å²) >= 11 is 0. The van der Waals surface area contributed by atoms with Gasteiger partial charge >= 0.3 is 5.97 Å². The topological polar surface area (TPSA) is 35.5 Å². The summed E-state index contributed by atoms with van der Waals surface area (Å²) in [5, 5.41) is 0. The van der Waals surface area contributed by atoms with Gasteiger partial charge in [0.05, 0.1) is 13.2 Å². The molecule has 0 atom stereocenters. The number of hydrogen-bond donors (Lipinski definition) is 0. The summed E-state index contributed by atoms with van der Waals surface area (Å²) in [4.78, 5) is 11.5. The molecule has 0 spiro atoms. The number of carbonyl (C=O) groups is 1. The van der Waals surface area contributed by atoms with Crippen LogP contribution >= 0.6 is 0 Å². The quantitative estimate of drug-likeness (QED) is 0.638. The SMILES string of the molecule is COC(=O)/C=C1/CCC(c2ccccc2)(c2ccccc2)O1. The summed E-state index contributed by atoms with van der Waals surface area (Å²) in [6, 6.07) is 20.3. The van der Waals surface area contributed by atoms with E-state index in [2.05, 4.69) is 24.3 Å². The predicted octanol–water partition coefficient (Wildman–Crippen LogP) is 3.80. The Morgan fingerprint density at radius 3 is 2.09 bits per heavy atom. The molecule has 0 saturated carbocycles. The third-order valence-corrected chi connectivity index (χ3v) is 3.99. The Kier molecular flexibility index (Phi) is 3.96. The van der Waals surface area contributed by atoms with Crippen molar-refractivity contribution in [2.24, 2.45) is 0 Å². The number of allylic oxidation sites excluding steroid dienone is 1. The zero-order chi connectivity index (χ0) is 15.4. The first kappa shape index (κ1) is 14.4. The van der Waals surface area contributed by atoms with Crippen molar-refractivity contribution in [1.82, 2.24) is 0 Å². The van der Waals surface area contributed by atoms with E-state index in [9.17, 15) is 4.79 Å². The van der Waals surface area contributed by atoms with Gasteiger partial charge < -0.3 is 9.47 Å². The van der Waals surface area contributed by atoms with E-state index >= 15 is 0 Å². The zero-order valence-electron chi connectivity index (χ0n) is 12.5. The molecule has 0 aromatic heterocycles. The summed E-state index contributed by atoms with van der Waals surface area (Å²) in [6.07, 6.45) is 2.94. The lowest BCUT2D eigenvalue weighted by atomic mass is 9.84. The molecular weight excluding hydrogens is 276 g/mol. The normalized spacial score (nSPS) is 18.0. The third kappa shape index (κ3) is 2.62. The van der Waals surface area contributed by atoms with Crippen LogP contribution in [0.15, 0.2) is 72.5 Å². The van der Waals surface area contributed by atoms with Crippen LogP contribution < -0.4 is 0 Å². The summed E-state index contributed by atoms with van der Waals surface area (Å²) in [5.74, 6) is 0.284. The number of ether oxygens (including phenoxy) is 2. The molecule has 0 N–H and O–H groups in total. The molecule has 1 aliphatic rings. The van der Waals surface area contributed by atoms with Crippen LogP contribution in [0.25, 0.3) is 0 Å². The van der Waals surface area contributed by atoms with E-state index < -0.39 is 5.60 Å². The second-order valence-corrected chi connectivity index (χ2v) is 5.29. The fraction of sp³-hybridized carbons (Fsp3) is 0.211. The molecule has 1 saturated heterocycles. The Hall–Kier alpha value is -2.55. The number of benzene rings is 2. The van der Waals surface area contributed by atoms with Crippen molar-refractivity contribution in [1.29, 1.82) is 0 Å². The van der Waals surface area contributed by atoms with Crippen molar-refractivity contribution in [3.05, 3.63) is 83.6 Å². The zero-order valence-corrected chi connectivity index (χ0v) is 12.5. The molecular formula is C19H18O3. The Labute approximate surface area is 130 Å². The molecule has 3 nitrogen and oxygen atoms in total.